The number of rotatable bonds is 10. The van der Waals surface area contributed by atoms with Crippen molar-refractivity contribution < 1.29 is 13.9 Å². The largest absolute Gasteiger partial charge is 0.385 e. The van der Waals surface area contributed by atoms with Gasteiger partial charge in [0, 0.05) is 26.8 Å². The Balaban J connectivity index is 2.51. The maximum Gasteiger partial charge on any atom is 0.253 e. The van der Waals surface area contributed by atoms with Crippen LogP contribution >= 0.6 is 0 Å². The van der Waals surface area contributed by atoms with Crippen molar-refractivity contribution in [1.29, 1.82) is 0 Å². The Morgan fingerprint density at radius 1 is 1.24 bits per heavy atom. The van der Waals surface area contributed by atoms with E-state index in [-0.39, 0.29) is 11.6 Å². The summed E-state index contributed by atoms with van der Waals surface area (Å²) in [5.41, 5.74) is 0.650. The fourth-order valence-electron chi connectivity index (χ4n) is 1.99. The van der Waals surface area contributed by atoms with E-state index in [0.29, 0.717) is 18.7 Å². The van der Waals surface area contributed by atoms with Crippen LogP contribution in [-0.4, -0.2) is 32.7 Å². The maximum absolute atomic E-state index is 13.8. The third-order valence-corrected chi connectivity index (χ3v) is 3.12. The topological polar surface area (TPSA) is 50.4 Å². The molecule has 0 heterocycles. The Kier molecular flexibility index (Phi) is 8.43. The molecule has 0 spiro atoms. The van der Waals surface area contributed by atoms with Crippen LogP contribution in [0, 0.1) is 5.82 Å². The van der Waals surface area contributed by atoms with Gasteiger partial charge in [-0.15, -0.1) is 0 Å². The number of anilines is 1. The zero-order chi connectivity index (χ0) is 15.5. The summed E-state index contributed by atoms with van der Waals surface area (Å²) in [4.78, 5) is 12.1. The summed E-state index contributed by atoms with van der Waals surface area (Å²) in [5, 5.41) is 5.81. The van der Waals surface area contributed by atoms with Gasteiger partial charge in [0.25, 0.3) is 5.91 Å². The molecule has 2 N–H and O–H groups in total. The smallest absolute Gasteiger partial charge is 0.253 e. The molecule has 0 aliphatic heterocycles. The molecule has 1 aromatic rings. The lowest BCUT2D eigenvalue weighted by Crippen LogP contribution is -2.26. The summed E-state index contributed by atoms with van der Waals surface area (Å²) in [5.74, 6) is -0.629. The van der Waals surface area contributed by atoms with Gasteiger partial charge in [-0.25, -0.2) is 4.39 Å². The van der Waals surface area contributed by atoms with E-state index in [9.17, 15) is 9.18 Å². The van der Waals surface area contributed by atoms with Crippen LogP contribution in [0.4, 0.5) is 10.1 Å². The first kappa shape index (κ1) is 17.4. The molecule has 0 aliphatic rings. The van der Waals surface area contributed by atoms with Crippen molar-refractivity contribution in [2.75, 3.05) is 32.1 Å². The van der Waals surface area contributed by atoms with Gasteiger partial charge in [0.2, 0.25) is 0 Å². The van der Waals surface area contributed by atoms with E-state index in [1.165, 1.54) is 6.07 Å². The molecule has 0 saturated carbocycles. The highest BCUT2D eigenvalue weighted by Crippen LogP contribution is 2.19. The zero-order valence-corrected chi connectivity index (χ0v) is 12.9. The molecule has 0 aromatic heterocycles. The third-order valence-electron chi connectivity index (χ3n) is 3.12. The Morgan fingerprint density at radius 3 is 2.76 bits per heavy atom. The normalized spacial score (nSPS) is 10.4. The summed E-state index contributed by atoms with van der Waals surface area (Å²) in [6.07, 6.45) is 3.74. The monoisotopic (exact) mass is 296 g/mol. The number of unbranched alkanes of at least 4 members (excludes halogenated alkanes) is 2. The van der Waals surface area contributed by atoms with E-state index < -0.39 is 5.82 Å². The van der Waals surface area contributed by atoms with Crippen molar-refractivity contribution in [1.82, 2.24) is 5.32 Å². The molecule has 4 nitrogen and oxygen atoms in total. The van der Waals surface area contributed by atoms with Crippen molar-refractivity contribution in [3.05, 3.63) is 29.6 Å². The van der Waals surface area contributed by atoms with Gasteiger partial charge < -0.3 is 15.4 Å². The highest BCUT2D eigenvalue weighted by atomic mass is 19.1. The lowest BCUT2D eigenvalue weighted by molar-refractivity contribution is 0.0953. The van der Waals surface area contributed by atoms with Gasteiger partial charge in [-0.1, -0.05) is 13.0 Å². The minimum absolute atomic E-state index is 0.236. The molecule has 21 heavy (non-hydrogen) atoms. The van der Waals surface area contributed by atoms with E-state index in [1.54, 1.807) is 19.2 Å². The highest BCUT2D eigenvalue weighted by molar-refractivity contribution is 5.99. The molecule has 1 rings (SSSR count). The van der Waals surface area contributed by atoms with Crippen LogP contribution < -0.4 is 10.6 Å². The van der Waals surface area contributed by atoms with Gasteiger partial charge in [0.15, 0.2) is 0 Å². The number of amides is 1. The second kappa shape index (κ2) is 10.2. The van der Waals surface area contributed by atoms with E-state index in [4.69, 9.17) is 4.74 Å². The van der Waals surface area contributed by atoms with Crippen molar-refractivity contribution in [2.45, 2.75) is 32.6 Å². The molecule has 0 unspecified atom stereocenters. The summed E-state index contributed by atoms with van der Waals surface area (Å²) in [6.45, 7) is 3.96. The molecule has 0 radical (unpaired) electrons. The summed E-state index contributed by atoms with van der Waals surface area (Å²) < 4.78 is 18.8. The van der Waals surface area contributed by atoms with E-state index >= 15 is 0 Å². The quantitative estimate of drug-likeness (QED) is 0.652. The number of hydrogen-bond acceptors (Lipinski definition) is 3. The van der Waals surface area contributed by atoms with Gasteiger partial charge in [-0.3, -0.25) is 4.79 Å². The number of halogens is 1. The van der Waals surface area contributed by atoms with Crippen LogP contribution in [0.3, 0.4) is 0 Å². The van der Waals surface area contributed by atoms with Gasteiger partial charge in [0.05, 0.1) is 11.3 Å². The average Bonchev–Trinajstić information content (AvgIpc) is 2.49. The average molecular weight is 296 g/mol. The van der Waals surface area contributed by atoms with E-state index in [2.05, 4.69) is 10.6 Å². The minimum atomic E-state index is -0.392. The standard InChI is InChI=1S/C16H25FN2O2/c1-3-10-18-15-13(8-7-9-14(15)17)16(20)19-11-5-4-6-12-21-2/h7-9,18H,3-6,10-12H2,1-2H3,(H,19,20). The number of methoxy groups -OCH3 is 1. The highest BCUT2D eigenvalue weighted by Gasteiger charge is 2.14. The fourth-order valence-corrected chi connectivity index (χ4v) is 1.99. The Labute approximate surface area is 126 Å². The number of para-hydroxylation sites is 1. The number of nitrogens with one attached hydrogen (secondary N) is 2. The second-order valence-electron chi connectivity index (χ2n) is 4.90. The van der Waals surface area contributed by atoms with Gasteiger partial charge in [-0.2, -0.15) is 0 Å². The predicted molar refractivity (Wildman–Crippen MR) is 83.2 cm³/mol. The lowest BCUT2D eigenvalue weighted by atomic mass is 10.1. The molecule has 0 atom stereocenters. The van der Waals surface area contributed by atoms with Crippen LogP contribution in [-0.2, 0) is 4.74 Å². The number of carbonyl (C=O) groups is 1. The SMILES string of the molecule is CCCNc1c(F)cccc1C(=O)NCCCCCOC. The molecule has 0 fully saturated rings. The molecule has 0 bridgehead atoms. The first-order chi connectivity index (χ1) is 10.2. The Morgan fingerprint density at radius 2 is 2.05 bits per heavy atom. The van der Waals surface area contributed by atoms with Crippen molar-refractivity contribution in [3.8, 4) is 0 Å². The van der Waals surface area contributed by atoms with Crippen LogP contribution in [0.2, 0.25) is 0 Å². The molecule has 1 amide bonds. The minimum Gasteiger partial charge on any atom is -0.385 e. The van der Waals surface area contributed by atoms with E-state index in [1.807, 2.05) is 6.92 Å². The van der Waals surface area contributed by atoms with Gasteiger partial charge in [0.1, 0.15) is 5.82 Å². The van der Waals surface area contributed by atoms with Crippen LogP contribution in [0.1, 0.15) is 43.0 Å². The molecular formula is C16H25FN2O2. The van der Waals surface area contributed by atoms with Gasteiger partial charge in [-0.05, 0) is 37.8 Å². The molecule has 0 saturated heterocycles. The van der Waals surface area contributed by atoms with Crippen LogP contribution in [0.25, 0.3) is 0 Å². The molecule has 5 heteroatoms. The molecule has 118 valence electrons. The summed E-state index contributed by atoms with van der Waals surface area (Å²) >= 11 is 0. The Hall–Kier alpha value is -1.62. The van der Waals surface area contributed by atoms with Crippen molar-refractivity contribution in [3.63, 3.8) is 0 Å². The van der Waals surface area contributed by atoms with Crippen molar-refractivity contribution in [2.24, 2.45) is 0 Å². The molecule has 0 aliphatic carbocycles. The molecular weight excluding hydrogens is 271 g/mol. The lowest BCUT2D eigenvalue weighted by Gasteiger charge is -2.12. The summed E-state index contributed by atoms with van der Waals surface area (Å²) in [6, 6.07) is 4.56. The van der Waals surface area contributed by atoms with Gasteiger partial charge >= 0.3 is 0 Å². The molecule has 1 aromatic carbocycles. The Bertz CT molecular complexity index is 438. The first-order valence-electron chi connectivity index (χ1n) is 7.50. The summed E-state index contributed by atoms with van der Waals surface area (Å²) in [7, 11) is 1.68. The predicted octanol–water partition coefficient (Wildman–Crippen LogP) is 3.19. The van der Waals surface area contributed by atoms with Crippen LogP contribution in [0.15, 0.2) is 18.2 Å². The number of carbonyl (C=O) groups excluding carboxylic acids is 1. The fraction of sp³-hybridized carbons (Fsp3) is 0.562. The van der Waals surface area contributed by atoms with Crippen molar-refractivity contribution >= 4 is 11.6 Å². The zero-order valence-electron chi connectivity index (χ0n) is 12.9. The maximum atomic E-state index is 13.8. The number of hydrogen-bond donors (Lipinski definition) is 2. The van der Waals surface area contributed by atoms with E-state index in [0.717, 1.165) is 32.3 Å². The van der Waals surface area contributed by atoms with Crippen LogP contribution in [0.5, 0.6) is 0 Å². The number of ether oxygens (including phenoxy) is 1. The third kappa shape index (κ3) is 6.12. The first-order valence-corrected chi connectivity index (χ1v) is 7.50. The second-order valence-corrected chi connectivity index (χ2v) is 4.90. The number of benzene rings is 1.